The van der Waals surface area contributed by atoms with Crippen LogP contribution in [-0.2, 0) is 11.3 Å². The molecule has 0 unspecified atom stereocenters. The minimum Gasteiger partial charge on any atom is -0.378 e. The van der Waals surface area contributed by atoms with E-state index in [2.05, 4.69) is 54.1 Å². The highest BCUT2D eigenvalue weighted by Gasteiger charge is 2.19. The second kappa shape index (κ2) is 9.98. The van der Waals surface area contributed by atoms with Crippen molar-refractivity contribution in [1.82, 2.24) is 9.80 Å². The van der Waals surface area contributed by atoms with Gasteiger partial charge in [0, 0.05) is 32.8 Å². The van der Waals surface area contributed by atoms with Crippen LogP contribution >= 0.6 is 0 Å². The van der Waals surface area contributed by atoms with E-state index in [1.165, 1.54) is 31.4 Å². The van der Waals surface area contributed by atoms with Crippen LogP contribution in [0.4, 0.5) is 0 Å². The van der Waals surface area contributed by atoms with Crippen molar-refractivity contribution in [1.29, 1.82) is 0 Å². The van der Waals surface area contributed by atoms with E-state index in [0.29, 0.717) is 6.10 Å². The first kappa shape index (κ1) is 17.5. The molecule has 1 aliphatic rings. The van der Waals surface area contributed by atoms with Gasteiger partial charge in [-0.2, -0.15) is 0 Å². The lowest BCUT2D eigenvalue weighted by molar-refractivity contribution is 0.00291. The van der Waals surface area contributed by atoms with Gasteiger partial charge in [0.05, 0.1) is 6.10 Å². The number of benzene rings is 1. The van der Waals surface area contributed by atoms with Gasteiger partial charge in [-0.25, -0.2) is 0 Å². The number of hydrogen-bond acceptors (Lipinski definition) is 3. The summed E-state index contributed by atoms with van der Waals surface area (Å²) in [4.78, 5) is 4.94. The molecule has 0 bridgehead atoms. The number of nitrogens with zero attached hydrogens (tertiary/aromatic N) is 2. The van der Waals surface area contributed by atoms with Gasteiger partial charge in [-0.15, -0.1) is 0 Å². The molecule has 0 amide bonds. The fourth-order valence-corrected chi connectivity index (χ4v) is 3.15. The van der Waals surface area contributed by atoms with Crippen molar-refractivity contribution in [3.05, 3.63) is 35.9 Å². The zero-order valence-corrected chi connectivity index (χ0v) is 14.3. The van der Waals surface area contributed by atoms with E-state index in [1.54, 1.807) is 0 Å². The van der Waals surface area contributed by atoms with Crippen molar-refractivity contribution in [3.8, 4) is 0 Å². The summed E-state index contributed by atoms with van der Waals surface area (Å²) in [5.74, 6) is 0. The second-order valence-corrected chi connectivity index (χ2v) is 6.49. The van der Waals surface area contributed by atoms with Crippen molar-refractivity contribution in [2.45, 2.75) is 45.3 Å². The van der Waals surface area contributed by atoms with Crippen LogP contribution < -0.4 is 0 Å². The van der Waals surface area contributed by atoms with Gasteiger partial charge >= 0.3 is 0 Å². The molecule has 0 radical (unpaired) electrons. The largest absolute Gasteiger partial charge is 0.378 e. The SMILES string of the molecule is CCCN(C)CCCOC1CCN(Cc2ccccc2)CC1. The highest BCUT2D eigenvalue weighted by Crippen LogP contribution is 2.16. The van der Waals surface area contributed by atoms with E-state index >= 15 is 0 Å². The molecule has 1 saturated heterocycles. The molecular weight excluding hydrogens is 272 g/mol. The van der Waals surface area contributed by atoms with E-state index in [1.807, 2.05) is 0 Å². The molecule has 1 heterocycles. The number of piperidine rings is 1. The van der Waals surface area contributed by atoms with Crippen LogP contribution in [0.1, 0.15) is 38.2 Å². The molecule has 0 saturated carbocycles. The standard InChI is InChI=1S/C19H32N2O/c1-3-12-20(2)13-7-16-22-19-10-14-21(15-11-19)17-18-8-5-4-6-9-18/h4-6,8-9,19H,3,7,10-17H2,1-2H3. The van der Waals surface area contributed by atoms with Gasteiger partial charge in [0.25, 0.3) is 0 Å². The number of rotatable bonds is 9. The Kier molecular flexibility index (Phi) is 7.92. The number of likely N-dealkylation sites (tertiary alicyclic amines) is 1. The molecular formula is C19H32N2O. The minimum absolute atomic E-state index is 0.475. The summed E-state index contributed by atoms with van der Waals surface area (Å²) >= 11 is 0. The van der Waals surface area contributed by atoms with Crippen molar-refractivity contribution in [3.63, 3.8) is 0 Å². The number of ether oxygens (including phenoxy) is 1. The van der Waals surface area contributed by atoms with Crippen molar-refractivity contribution >= 4 is 0 Å². The average Bonchev–Trinajstić information content (AvgIpc) is 2.54. The summed E-state index contributed by atoms with van der Waals surface area (Å²) in [6, 6.07) is 10.8. The molecule has 0 spiro atoms. The van der Waals surface area contributed by atoms with Crippen LogP contribution in [0.25, 0.3) is 0 Å². The Morgan fingerprint density at radius 1 is 1.14 bits per heavy atom. The van der Waals surface area contributed by atoms with Gasteiger partial charge in [0.2, 0.25) is 0 Å². The van der Waals surface area contributed by atoms with Gasteiger partial charge in [-0.3, -0.25) is 4.90 Å². The maximum atomic E-state index is 6.06. The topological polar surface area (TPSA) is 15.7 Å². The van der Waals surface area contributed by atoms with Gasteiger partial charge in [0.1, 0.15) is 0 Å². The van der Waals surface area contributed by atoms with Crippen molar-refractivity contribution in [2.75, 3.05) is 39.8 Å². The monoisotopic (exact) mass is 304 g/mol. The Bertz CT molecular complexity index is 388. The third kappa shape index (κ3) is 6.47. The molecule has 1 aliphatic heterocycles. The van der Waals surface area contributed by atoms with E-state index in [9.17, 15) is 0 Å². The third-order valence-corrected chi connectivity index (χ3v) is 4.43. The van der Waals surface area contributed by atoms with Crippen LogP contribution in [0.15, 0.2) is 30.3 Å². The summed E-state index contributed by atoms with van der Waals surface area (Å²) in [7, 11) is 2.20. The molecule has 1 fully saturated rings. The summed E-state index contributed by atoms with van der Waals surface area (Å²) in [6.07, 6.45) is 5.22. The van der Waals surface area contributed by atoms with E-state index in [4.69, 9.17) is 4.74 Å². The van der Waals surface area contributed by atoms with E-state index < -0.39 is 0 Å². The molecule has 22 heavy (non-hydrogen) atoms. The van der Waals surface area contributed by atoms with Gasteiger partial charge in [-0.1, -0.05) is 37.3 Å². The Hall–Kier alpha value is -0.900. The fourth-order valence-electron chi connectivity index (χ4n) is 3.15. The maximum absolute atomic E-state index is 6.06. The van der Waals surface area contributed by atoms with Crippen LogP contribution in [0.2, 0.25) is 0 Å². The predicted octanol–water partition coefficient (Wildman–Crippen LogP) is 3.40. The lowest BCUT2D eigenvalue weighted by atomic mass is 10.1. The smallest absolute Gasteiger partial charge is 0.0599 e. The average molecular weight is 304 g/mol. The molecule has 124 valence electrons. The molecule has 1 aromatic carbocycles. The molecule has 1 aromatic rings. The first-order chi connectivity index (χ1) is 10.8. The number of hydrogen-bond donors (Lipinski definition) is 0. The van der Waals surface area contributed by atoms with E-state index in [-0.39, 0.29) is 0 Å². The predicted molar refractivity (Wildman–Crippen MR) is 93.1 cm³/mol. The molecule has 0 aliphatic carbocycles. The zero-order chi connectivity index (χ0) is 15.6. The summed E-state index contributed by atoms with van der Waals surface area (Å²) in [5, 5.41) is 0. The van der Waals surface area contributed by atoms with Crippen LogP contribution in [-0.4, -0.2) is 55.7 Å². The Labute approximate surface area is 136 Å². The van der Waals surface area contributed by atoms with Gasteiger partial charge in [0.15, 0.2) is 0 Å². The minimum atomic E-state index is 0.475. The molecule has 3 nitrogen and oxygen atoms in total. The summed E-state index contributed by atoms with van der Waals surface area (Å²) in [5.41, 5.74) is 1.42. The maximum Gasteiger partial charge on any atom is 0.0599 e. The Balaban J connectivity index is 1.55. The van der Waals surface area contributed by atoms with Crippen LogP contribution in [0, 0.1) is 0 Å². The quantitative estimate of drug-likeness (QED) is 0.650. The molecule has 2 rings (SSSR count). The lowest BCUT2D eigenvalue weighted by Gasteiger charge is -2.32. The molecule has 0 aromatic heterocycles. The highest BCUT2D eigenvalue weighted by atomic mass is 16.5. The molecule has 0 atom stereocenters. The Morgan fingerprint density at radius 3 is 2.55 bits per heavy atom. The lowest BCUT2D eigenvalue weighted by Crippen LogP contribution is -2.36. The van der Waals surface area contributed by atoms with Crippen LogP contribution in [0.5, 0.6) is 0 Å². The summed E-state index contributed by atoms with van der Waals surface area (Å²) < 4.78 is 6.06. The third-order valence-electron chi connectivity index (χ3n) is 4.43. The normalized spacial score (nSPS) is 17.2. The second-order valence-electron chi connectivity index (χ2n) is 6.49. The Morgan fingerprint density at radius 2 is 1.86 bits per heavy atom. The first-order valence-corrected chi connectivity index (χ1v) is 8.84. The molecule has 0 N–H and O–H groups in total. The fraction of sp³-hybridized carbons (Fsp3) is 0.684. The summed E-state index contributed by atoms with van der Waals surface area (Å²) in [6.45, 7) is 8.90. The van der Waals surface area contributed by atoms with Crippen LogP contribution in [0.3, 0.4) is 0 Å². The van der Waals surface area contributed by atoms with Crippen molar-refractivity contribution < 1.29 is 4.74 Å². The first-order valence-electron chi connectivity index (χ1n) is 8.84. The molecule has 3 heteroatoms. The highest BCUT2D eigenvalue weighted by molar-refractivity contribution is 5.14. The van der Waals surface area contributed by atoms with Gasteiger partial charge < -0.3 is 9.64 Å². The van der Waals surface area contributed by atoms with Crippen molar-refractivity contribution in [2.24, 2.45) is 0 Å². The zero-order valence-electron chi connectivity index (χ0n) is 14.3. The van der Waals surface area contributed by atoms with Gasteiger partial charge in [-0.05, 0) is 44.8 Å². The van der Waals surface area contributed by atoms with E-state index in [0.717, 1.165) is 39.2 Å².